The van der Waals surface area contributed by atoms with E-state index < -0.39 is 0 Å². The number of nitrogens with two attached hydrogens (primary N) is 1. The molecule has 1 amide bonds. The Balaban J connectivity index is 2.20. The normalized spacial score (nSPS) is 21.0. The third-order valence-corrected chi connectivity index (χ3v) is 3.65. The Morgan fingerprint density at radius 3 is 3.11 bits per heavy atom. The highest BCUT2D eigenvalue weighted by Crippen LogP contribution is 2.27. The van der Waals surface area contributed by atoms with E-state index in [-0.39, 0.29) is 17.9 Å². The molecule has 19 heavy (non-hydrogen) atoms. The zero-order chi connectivity index (χ0) is 13.8. The van der Waals surface area contributed by atoms with Crippen molar-refractivity contribution in [3.63, 3.8) is 0 Å². The fourth-order valence-electron chi connectivity index (χ4n) is 2.62. The van der Waals surface area contributed by atoms with Gasteiger partial charge >= 0.3 is 0 Å². The smallest absolute Gasteiger partial charge is 0.224 e. The van der Waals surface area contributed by atoms with Crippen LogP contribution in [0, 0.1) is 5.92 Å². The van der Waals surface area contributed by atoms with Crippen molar-refractivity contribution in [2.75, 3.05) is 25.0 Å². The molecule has 104 valence electrons. The van der Waals surface area contributed by atoms with Gasteiger partial charge in [-0.05, 0) is 25.8 Å². The summed E-state index contributed by atoms with van der Waals surface area (Å²) in [5, 5.41) is 2.73. The molecule has 5 heteroatoms. The van der Waals surface area contributed by atoms with Crippen molar-refractivity contribution in [1.29, 1.82) is 0 Å². The predicted octanol–water partition coefficient (Wildman–Crippen LogP) is 1.06. The zero-order valence-corrected chi connectivity index (χ0v) is 11.6. The molecule has 1 aromatic rings. The van der Waals surface area contributed by atoms with Crippen LogP contribution in [0.25, 0.3) is 0 Å². The van der Waals surface area contributed by atoms with E-state index >= 15 is 0 Å². The van der Waals surface area contributed by atoms with Crippen molar-refractivity contribution in [3.05, 3.63) is 23.9 Å². The number of nitrogens with one attached hydrogen (secondary N) is 1. The number of pyridine rings is 1. The van der Waals surface area contributed by atoms with Crippen LogP contribution in [0.2, 0.25) is 0 Å². The molecule has 0 bridgehead atoms. The highest BCUT2D eigenvalue weighted by molar-refractivity contribution is 5.79. The number of piperidine rings is 1. The first-order valence-corrected chi connectivity index (χ1v) is 6.80. The predicted molar refractivity (Wildman–Crippen MR) is 75.8 cm³/mol. The van der Waals surface area contributed by atoms with Crippen LogP contribution in [0.3, 0.4) is 0 Å². The summed E-state index contributed by atoms with van der Waals surface area (Å²) in [6.07, 6.45) is 3.73. The Kier molecular flexibility index (Phi) is 4.37. The van der Waals surface area contributed by atoms with Gasteiger partial charge in [0.2, 0.25) is 5.91 Å². The number of anilines is 1. The maximum absolute atomic E-state index is 11.8. The Hall–Kier alpha value is -1.62. The molecule has 1 aliphatic rings. The molecule has 0 spiro atoms. The van der Waals surface area contributed by atoms with Crippen LogP contribution in [-0.2, 0) is 4.79 Å². The van der Waals surface area contributed by atoms with E-state index in [1.54, 1.807) is 13.2 Å². The standard InChI is InChI=1S/C14H22N4O/c1-10(15)12-6-3-7-17-13(12)18-8-4-5-11(9-18)14(19)16-2/h3,6-7,10-11H,4-5,8-9,15H2,1-2H3,(H,16,19)/t10-,11?/m1/s1. The molecule has 2 rings (SSSR count). The van der Waals surface area contributed by atoms with Crippen LogP contribution >= 0.6 is 0 Å². The highest BCUT2D eigenvalue weighted by Gasteiger charge is 2.27. The number of carbonyl (C=O) groups is 1. The van der Waals surface area contributed by atoms with Gasteiger partial charge in [-0.15, -0.1) is 0 Å². The maximum Gasteiger partial charge on any atom is 0.224 e. The van der Waals surface area contributed by atoms with Gasteiger partial charge in [-0.1, -0.05) is 6.07 Å². The van der Waals surface area contributed by atoms with Crippen molar-refractivity contribution < 1.29 is 4.79 Å². The lowest BCUT2D eigenvalue weighted by Crippen LogP contribution is -2.43. The molecule has 1 aromatic heterocycles. The minimum absolute atomic E-state index is 0.0432. The average Bonchev–Trinajstić information content (AvgIpc) is 2.46. The minimum Gasteiger partial charge on any atom is -0.359 e. The molecule has 0 radical (unpaired) electrons. The third kappa shape index (κ3) is 3.04. The molecule has 0 aromatic carbocycles. The fraction of sp³-hybridized carbons (Fsp3) is 0.571. The number of nitrogens with zero attached hydrogens (tertiary/aromatic N) is 2. The van der Waals surface area contributed by atoms with E-state index in [4.69, 9.17) is 5.73 Å². The van der Waals surface area contributed by atoms with Gasteiger partial charge in [-0.2, -0.15) is 0 Å². The quantitative estimate of drug-likeness (QED) is 0.854. The second-order valence-corrected chi connectivity index (χ2v) is 5.10. The summed E-state index contributed by atoms with van der Waals surface area (Å²) in [5.41, 5.74) is 7.04. The first-order chi connectivity index (χ1) is 9.13. The molecule has 5 nitrogen and oxygen atoms in total. The Morgan fingerprint density at radius 1 is 1.63 bits per heavy atom. The second-order valence-electron chi connectivity index (χ2n) is 5.10. The molecule has 3 N–H and O–H groups in total. The van der Waals surface area contributed by atoms with Crippen LogP contribution in [0.1, 0.15) is 31.4 Å². The second kappa shape index (κ2) is 6.02. The third-order valence-electron chi connectivity index (χ3n) is 3.65. The number of hydrogen-bond donors (Lipinski definition) is 2. The van der Waals surface area contributed by atoms with Gasteiger partial charge in [-0.3, -0.25) is 4.79 Å². The van der Waals surface area contributed by atoms with Crippen molar-refractivity contribution in [3.8, 4) is 0 Å². The van der Waals surface area contributed by atoms with Gasteiger partial charge < -0.3 is 16.0 Å². The van der Waals surface area contributed by atoms with Crippen molar-refractivity contribution in [2.24, 2.45) is 11.7 Å². The Bertz CT molecular complexity index is 447. The topological polar surface area (TPSA) is 71.2 Å². The van der Waals surface area contributed by atoms with E-state index in [1.807, 2.05) is 19.1 Å². The number of hydrogen-bond acceptors (Lipinski definition) is 4. The summed E-state index contributed by atoms with van der Waals surface area (Å²) in [7, 11) is 1.69. The molecule has 0 saturated carbocycles. The van der Waals surface area contributed by atoms with E-state index in [1.165, 1.54) is 0 Å². The number of rotatable bonds is 3. The monoisotopic (exact) mass is 262 g/mol. The highest BCUT2D eigenvalue weighted by atomic mass is 16.1. The molecular weight excluding hydrogens is 240 g/mol. The summed E-state index contributed by atoms with van der Waals surface area (Å²) < 4.78 is 0. The average molecular weight is 262 g/mol. The lowest BCUT2D eigenvalue weighted by molar-refractivity contribution is -0.124. The van der Waals surface area contributed by atoms with Gasteiger partial charge in [0.15, 0.2) is 0 Å². The summed E-state index contributed by atoms with van der Waals surface area (Å²) >= 11 is 0. The molecule has 1 saturated heterocycles. The summed E-state index contributed by atoms with van der Waals surface area (Å²) in [6.45, 7) is 3.61. The van der Waals surface area contributed by atoms with Crippen LogP contribution in [0.15, 0.2) is 18.3 Å². The van der Waals surface area contributed by atoms with E-state index in [0.29, 0.717) is 0 Å². The van der Waals surface area contributed by atoms with Gasteiger partial charge in [0.1, 0.15) is 5.82 Å². The van der Waals surface area contributed by atoms with E-state index in [9.17, 15) is 4.79 Å². The molecule has 1 unspecified atom stereocenters. The maximum atomic E-state index is 11.8. The zero-order valence-electron chi connectivity index (χ0n) is 11.6. The molecule has 2 heterocycles. The van der Waals surface area contributed by atoms with Gasteiger partial charge in [0.05, 0.1) is 5.92 Å². The molecule has 0 aliphatic carbocycles. The molecular formula is C14H22N4O. The first kappa shape index (κ1) is 13.8. The lowest BCUT2D eigenvalue weighted by atomic mass is 9.96. The Morgan fingerprint density at radius 2 is 2.42 bits per heavy atom. The Labute approximate surface area is 114 Å². The first-order valence-electron chi connectivity index (χ1n) is 6.80. The number of amides is 1. The summed E-state index contributed by atoms with van der Waals surface area (Å²) in [6, 6.07) is 3.86. The minimum atomic E-state index is -0.0518. The largest absolute Gasteiger partial charge is 0.359 e. The number of aromatic nitrogens is 1. The van der Waals surface area contributed by atoms with E-state index in [0.717, 1.165) is 37.3 Å². The molecule has 2 atom stereocenters. The summed E-state index contributed by atoms with van der Waals surface area (Å²) in [4.78, 5) is 18.4. The summed E-state index contributed by atoms with van der Waals surface area (Å²) in [5.74, 6) is 1.08. The van der Waals surface area contributed by atoms with Crippen LogP contribution in [0.4, 0.5) is 5.82 Å². The molecule has 1 fully saturated rings. The number of carbonyl (C=O) groups excluding carboxylic acids is 1. The van der Waals surface area contributed by atoms with Crippen molar-refractivity contribution in [1.82, 2.24) is 10.3 Å². The van der Waals surface area contributed by atoms with E-state index in [2.05, 4.69) is 15.2 Å². The molecule has 1 aliphatic heterocycles. The van der Waals surface area contributed by atoms with Gasteiger partial charge in [0, 0.05) is 37.9 Å². The van der Waals surface area contributed by atoms with Crippen LogP contribution < -0.4 is 16.0 Å². The van der Waals surface area contributed by atoms with Gasteiger partial charge in [0.25, 0.3) is 0 Å². The van der Waals surface area contributed by atoms with Crippen LogP contribution in [0.5, 0.6) is 0 Å². The van der Waals surface area contributed by atoms with Crippen molar-refractivity contribution >= 4 is 11.7 Å². The fourth-order valence-corrected chi connectivity index (χ4v) is 2.62. The van der Waals surface area contributed by atoms with Gasteiger partial charge in [-0.25, -0.2) is 4.98 Å². The SMILES string of the molecule is CNC(=O)C1CCCN(c2ncccc2[C@@H](C)N)C1. The van der Waals surface area contributed by atoms with Crippen LogP contribution in [-0.4, -0.2) is 31.0 Å². The van der Waals surface area contributed by atoms with Crippen molar-refractivity contribution in [2.45, 2.75) is 25.8 Å². The lowest BCUT2D eigenvalue weighted by Gasteiger charge is -2.34.